The summed E-state index contributed by atoms with van der Waals surface area (Å²) in [7, 11) is 0. The van der Waals surface area contributed by atoms with Crippen molar-refractivity contribution in [2.45, 2.75) is 38.0 Å². The first-order valence-corrected chi connectivity index (χ1v) is 6.98. The number of hydrogen-bond acceptors (Lipinski definition) is 2. The Labute approximate surface area is 117 Å². The van der Waals surface area contributed by atoms with Crippen LogP contribution in [0, 0.1) is 0 Å². The lowest BCUT2D eigenvalue weighted by Crippen LogP contribution is -2.43. The minimum atomic E-state index is -4.42. The first-order chi connectivity index (χ1) is 9.37. The second-order valence-corrected chi connectivity index (χ2v) is 5.42. The SMILES string of the molecule is CCCN1CCC(O)(c2ccccc2C(F)(F)F)CC1. The maximum Gasteiger partial charge on any atom is 0.416 e. The van der Waals surface area contributed by atoms with Gasteiger partial charge in [-0.15, -0.1) is 0 Å². The van der Waals surface area contributed by atoms with Gasteiger partial charge in [-0.25, -0.2) is 0 Å². The minimum Gasteiger partial charge on any atom is -0.385 e. The van der Waals surface area contributed by atoms with Crippen LogP contribution in [0.1, 0.15) is 37.3 Å². The second-order valence-electron chi connectivity index (χ2n) is 5.42. The molecule has 1 aromatic rings. The van der Waals surface area contributed by atoms with Crippen molar-refractivity contribution in [3.8, 4) is 0 Å². The van der Waals surface area contributed by atoms with Crippen molar-refractivity contribution in [2.75, 3.05) is 19.6 Å². The van der Waals surface area contributed by atoms with E-state index in [0.717, 1.165) is 19.0 Å². The van der Waals surface area contributed by atoms with Crippen LogP contribution in [0.5, 0.6) is 0 Å². The Hall–Kier alpha value is -1.07. The van der Waals surface area contributed by atoms with Crippen LogP contribution >= 0.6 is 0 Å². The van der Waals surface area contributed by atoms with Gasteiger partial charge in [0, 0.05) is 13.1 Å². The average Bonchev–Trinajstić information content (AvgIpc) is 2.41. The smallest absolute Gasteiger partial charge is 0.385 e. The van der Waals surface area contributed by atoms with Crippen LogP contribution < -0.4 is 0 Å². The summed E-state index contributed by atoms with van der Waals surface area (Å²) in [5, 5.41) is 10.6. The summed E-state index contributed by atoms with van der Waals surface area (Å²) in [6, 6.07) is 5.37. The molecule has 1 heterocycles. The van der Waals surface area contributed by atoms with Crippen LogP contribution in [0.3, 0.4) is 0 Å². The summed E-state index contributed by atoms with van der Waals surface area (Å²) in [6.45, 7) is 4.27. The summed E-state index contributed by atoms with van der Waals surface area (Å²) in [6.07, 6.45) is -2.72. The van der Waals surface area contributed by atoms with E-state index in [0.29, 0.717) is 25.9 Å². The number of benzene rings is 1. The maximum atomic E-state index is 13.0. The molecule has 0 bridgehead atoms. The van der Waals surface area contributed by atoms with Crippen LogP contribution in [-0.4, -0.2) is 29.6 Å². The van der Waals surface area contributed by atoms with E-state index in [-0.39, 0.29) is 5.56 Å². The zero-order chi connectivity index (χ0) is 14.8. The number of aliphatic hydroxyl groups is 1. The van der Waals surface area contributed by atoms with Crippen molar-refractivity contribution in [2.24, 2.45) is 0 Å². The summed E-state index contributed by atoms with van der Waals surface area (Å²) >= 11 is 0. The Morgan fingerprint density at radius 1 is 1.20 bits per heavy atom. The molecule has 0 radical (unpaired) electrons. The molecule has 0 spiro atoms. The second kappa shape index (κ2) is 5.74. The van der Waals surface area contributed by atoms with Gasteiger partial charge in [-0.3, -0.25) is 0 Å². The third-order valence-electron chi connectivity index (χ3n) is 3.96. The zero-order valence-electron chi connectivity index (χ0n) is 11.6. The van der Waals surface area contributed by atoms with Crippen LogP contribution in [0.4, 0.5) is 13.2 Å². The molecule has 1 fully saturated rings. The van der Waals surface area contributed by atoms with E-state index < -0.39 is 17.3 Å². The van der Waals surface area contributed by atoms with Gasteiger partial charge in [-0.1, -0.05) is 25.1 Å². The molecule has 0 saturated carbocycles. The highest BCUT2D eigenvalue weighted by molar-refractivity contribution is 5.35. The summed E-state index contributed by atoms with van der Waals surface area (Å²) < 4.78 is 39.1. The van der Waals surface area contributed by atoms with Gasteiger partial charge in [-0.05, 0) is 37.4 Å². The molecule has 5 heteroatoms. The Balaban J connectivity index is 2.24. The standard InChI is InChI=1S/C15H20F3NO/c1-2-9-19-10-7-14(20,8-11-19)12-5-3-4-6-13(12)15(16,17)18/h3-6,20H,2,7-11H2,1H3. The topological polar surface area (TPSA) is 23.5 Å². The van der Waals surface area contributed by atoms with Gasteiger partial charge >= 0.3 is 6.18 Å². The largest absolute Gasteiger partial charge is 0.416 e. The Morgan fingerprint density at radius 3 is 2.35 bits per heavy atom. The molecule has 20 heavy (non-hydrogen) atoms. The van der Waals surface area contributed by atoms with E-state index in [4.69, 9.17) is 0 Å². The molecule has 2 rings (SSSR count). The molecule has 1 aliphatic heterocycles. The van der Waals surface area contributed by atoms with E-state index in [9.17, 15) is 18.3 Å². The fourth-order valence-electron chi connectivity index (χ4n) is 2.87. The number of alkyl halides is 3. The van der Waals surface area contributed by atoms with Gasteiger partial charge in [0.1, 0.15) is 0 Å². The Morgan fingerprint density at radius 2 is 1.80 bits per heavy atom. The molecule has 1 aromatic carbocycles. The van der Waals surface area contributed by atoms with Gasteiger partial charge in [0.05, 0.1) is 11.2 Å². The molecular weight excluding hydrogens is 267 g/mol. The van der Waals surface area contributed by atoms with Crippen molar-refractivity contribution in [1.29, 1.82) is 0 Å². The van der Waals surface area contributed by atoms with E-state index in [2.05, 4.69) is 11.8 Å². The van der Waals surface area contributed by atoms with E-state index >= 15 is 0 Å². The van der Waals surface area contributed by atoms with Crippen molar-refractivity contribution in [3.63, 3.8) is 0 Å². The third-order valence-corrected chi connectivity index (χ3v) is 3.96. The van der Waals surface area contributed by atoms with Crippen molar-refractivity contribution in [1.82, 2.24) is 4.90 Å². The molecule has 1 aliphatic rings. The highest BCUT2D eigenvalue weighted by Gasteiger charge is 2.41. The lowest BCUT2D eigenvalue weighted by molar-refractivity contribution is -0.141. The van der Waals surface area contributed by atoms with E-state index in [1.807, 2.05) is 0 Å². The van der Waals surface area contributed by atoms with Gasteiger partial charge < -0.3 is 10.0 Å². The normalized spacial score (nSPS) is 20.1. The van der Waals surface area contributed by atoms with Crippen LogP contribution in [0.15, 0.2) is 24.3 Å². The van der Waals surface area contributed by atoms with Crippen LogP contribution in [-0.2, 0) is 11.8 Å². The summed E-state index contributed by atoms with van der Waals surface area (Å²) in [4.78, 5) is 2.19. The number of rotatable bonds is 3. The molecule has 0 aliphatic carbocycles. The minimum absolute atomic E-state index is 0.0173. The lowest BCUT2D eigenvalue weighted by atomic mass is 9.81. The molecule has 0 aromatic heterocycles. The van der Waals surface area contributed by atoms with Crippen molar-refractivity contribution < 1.29 is 18.3 Å². The van der Waals surface area contributed by atoms with Crippen LogP contribution in [0.2, 0.25) is 0 Å². The van der Waals surface area contributed by atoms with Gasteiger partial charge in [-0.2, -0.15) is 13.2 Å². The lowest BCUT2D eigenvalue weighted by Gasteiger charge is -2.39. The molecular formula is C15H20F3NO. The fourth-order valence-corrected chi connectivity index (χ4v) is 2.87. The van der Waals surface area contributed by atoms with Crippen molar-refractivity contribution >= 4 is 0 Å². The number of nitrogens with zero attached hydrogens (tertiary/aromatic N) is 1. The number of hydrogen-bond donors (Lipinski definition) is 1. The van der Waals surface area contributed by atoms with Gasteiger partial charge in [0.15, 0.2) is 0 Å². The summed E-state index contributed by atoms with van der Waals surface area (Å²) in [5.41, 5.74) is -2.06. The predicted molar refractivity (Wildman–Crippen MR) is 71.3 cm³/mol. The van der Waals surface area contributed by atoms with E-state index in [1.165, 1.54) is 12.1 Å². The first kappa shape index (κ1) is 15.3. The monoisotopic (exact) mass is 287 g/mol. The average molecular weight is 287 g/mol. The van der Waals surface area contributed by atoms with Crippen molar-refractivity contribution in [3.05, 3.63) is 35.4 Å². The molecule has 0 unspecified atom stereocenters. The fraction of sp³-hybridized carbons (Fsp3) is 0.600. The first-order valence-electron chi connectivity index (χ1n) is 6.98. The van der Waals surface area contributed by atoms with Gasteiger partial charge in [0.25, 0.3) is 0 Å². The molecule has 112 valence electrons. The molecule has 2 nitrogen and oxygen atoms in total. The Bertz CT molecular complexity index is 451. The highest BCUT2D eigenvalue weighted by atomic mass is 19.4. The molecule has 1 N–H and O–H groups in total. The number of piperidine rings is 1. The van der Waals surface area contributed by atoms with E-state index in [1.54, 1.807) is 6.07 Å². The Kier molecular flexibility index (Phi) is 4.39. The molecule has 0 atom stereocenters. The number of halogens is 3. The molecule has 1 saturated heterocycles. The third kappa shape index (κ3) is 3.15. The predicted octanol–water partition coefficient (Wildman–Crippen LogP) is 3.40. The zero-order valence-corrected chi connectivity index (χ0v) is 11.6. The quantitative estimate of drug-likeness (QED) is 0.921. The number of likely N-dealkylation sites (tertiary alicyclic amines) is 1. The molecule has 0 amide bonds. The highest BCUT2D eigenvalue weighted by Crippen LogP contribution is 2.41. The summed E-state index contributed by atoms with van der Waals surface area (Å²) in [5.74, 6) is 0. The van der Waals surface area contributed by atoms with Crippen LogP contribution in [0.25, 0.3) is 0 Å². The maximum absolute atomic E-state index is 13.0. The van der Waals surface area contributed by atoms with Gasteiger partial charge in [0.2, 0.25) is 0 Å².